The van der Waals surface area contributed by atoms with Gasteiger partial charge in [0.05, 0.1) is 28.2 Å². The highest BCUT2D eigenvalue weighted by Crippen LogP contribution is 2.16. The van der Waals surface area contributed by atoms with Gasteiger partial charge in [-0.15, -0.1) is 0 Å². The molecule has 0 bridgehead atoms. The van der Waals surface area contributed by atoms with Gasteiger partial charge in [0, 0.05) is 12.4 Å². The summed E-state index contributed by atoms with van der Waals surface area (Å²) in [5.41, 5.74) is 1.36. The Morgan fingerprint density at radius 2 is 2.25 bits per heavy atom. The molecule has 0 fully saturated rings. The van der Waals surface area contributed by atoms with Gasteiger partial charge in [-0.3, -0.25) is 4.98 Å². The van der Waals surface area contributed by atoms with Crippen LogP contribution in [-0.4, -0.2) is 25.8 Å². The van der Waals surface area contributed by atoms with E-state index in [1.165, 1.54) is 23.1 Å². The Hall–Kier alpha value is -1.88. The molecule has 0 unspecified atom stereocenters. The third-order valence-electron chi connectivity index (χ3n) is 2.07. The summed E-state index contributed by atoms with van der Waals surface area (Å²) in [5, 5.41) is 13.5. The molecule has 6 heteroatoms. The van der Waals surface area contributed by atoms with Crippen LogP contribution in [0.2, 0.25) is 5.02 Å². The SMILES string of the molecule is Cc1nn(-c2cncc(C(=O)O)c2)cc1Cl. The number of halogens is 1. The number of aromatic carboxylic acids is 1. The Kier molecular flexibility index (Phi) is 2.62. The molecule has 1 N–H and O–H groups in total. The van der Waals surface area contributed by atoms with Gasteiger partial charge in [-0.1, -0.05) is 11.6 Å². The van der Waals surface area contributed by atoms with Crippen molar-refractivity contribution in [1.29, 1.82) is 0 Å². The van der Waals surface area contributed by atoms with Gasteiger partial charge in [-0.05, 0) is 13.0 Å². The second-order valence-electron chi connectivity index (χ2n) is 3.24. The predicted molar refractivity (Wildman–Crippen MR) is 58.1 cm³/mol. The van der Waals surface area contributed by atoms with Crippen LogP contribution in [0.15, 0.2) is 24.7 Å². The first-order valence-electron chi connectivity index (χ1n) is 4.48. The second kappa shape index (κ2) is 3.94. The Labute approximate surface area is 96.3 Å². The van der Waals surface area contributed by atoms with Crippen LogP contribution in [0, 0.1) is 6.92 Å². The molecule has 0 aliphatic carbocycles. The zero-order valence-electron chi connectivity index (χ0n) is 8.38. The second-order valence-corrected chi connectivity index (χ2v) is 3.65. The molecule has 0 aliphatic heterocycles. The number of hydrogen-bond acceptors (Lipinski definition) is 3. The summed E-state index contributed by atoms with van der Waals surface area (Å²) in [6.45, 7) is 1.77. The highest BCUT2D eigenvalue weighted by atomic mass is 35.5. The number of carboxylic acids is 1. The largest absolute Gasteiger partial charge is 0.478 e. The molecule has 2 aromatic rings. The summed E-state index contributed by atoms with van der Waals surface area (Å²) in [6.07, 6.45) is 4.42. The Balaban J connectivity index is 2.48. The van der Waals surface area contributed by atoms with Gasteiger partial charge in [0.25, 0.3) is 0 Å². The number of carbonyl (C=O) groups is 1. The zero-order chi connectivity index (χ0) is 11.7. The van der Waals surface area contributed by atoms with Gasteiger partial charge in [0.1, 0.15) is 0 Å². The minimum absolute atomic E-state index is 0.113. The fourth-order valence-electron chi connectivity index (χ4n) is 1.24. The molecular weight excluding hydrogens is 230 g/mol. The van der Waals surface area contributed by atoms with Crippen LogP contribution in [-0.2, 0) is 0 Å². The van der Waals surface area contributed by atoms with Crippen molar-refractivity contribution in [3.05, 3.63) is 40.9 Å². The summed E-state index contributed by atoms with van der Waals surface area (Å²) >= 11 is 5.86. The van der Waals surface area contributed by atoms with E-state index < -0.39 is 5.97 Å². The lowest BCUT2D eigenvalue weighted by Gasteiger charge is -2.01. The van der Waals surface area contributed by atoms with Crippen molar-refractivity contribution in [2.75, 3.05) is 0 Å². The molecule has 0 amide bonds. The number of aromatic nitrogens is 3. The van der Waals surface area contributed by atoms with Crippen molar-refractivity contribution in [1.82, 2.24) is 14.8 Å². The third kappa shape index (κ3) is 1.90. The quantitative estimate of drug-likeness (QED) is 0.867. The maximum Gasteiger partial charge on any atom is 0.337 e. The normalized spacial score (nSPS) is 10.4. The summed E-state index contributed by atoms with van der Waals surface area (Å²) in [6, 6.07) is 1.48. The van der Waals surface area contributed by atoms with Crippen LogP contribution in [0.1, 0.15) is 16.1 Å². The molecule has 0 aliphatic rings. The van der Waals surface area contributed by atoms with E-state index in [0.29, 0.717) is 16.4 Å². The van der Waals surface area contributed by atoms with Crippen molar-refractivity contribution >= 4 is 17.6 Å². The van der Waals surface area contributed by atoms with E-state index in [4.69, 9.17) is 16.7 Å². The van der Waals surface area contributed by atoms with E-state index in [0.717, 1.165) is 0 Å². The molecular formula is C10H8ClN3O2. The molecule has 0 atom stereocenters. The monoisotopic (exact) mass is 237 g/mol. The van der Waals surface area contributed by atoms with Gasteiger partial charge < -0.3 is 5.11 Å². The van der Waals surface area contributed by atoms with Crippen molar-refractivity contribution in [3.8, 4) is 5.69 Å². The lowest BCUT2D eigenvalue weighted by molar-refractivity contribution is 0.0696. The summed E-state index contributed by atoms with van der Waals surface area (Å²) < 4.78 is 1.50. The molecule has 2 aromatic heterocycles. The van der Waals surface area contributed by atoms with Crippen LogP contribution in [0.4, 0.5) is 0 Å². The Bertz CT molecular complexity index is 531. The van der Waals surface area contributed by atoms with Crippen molar-refractivity contribution in [3.63, 3.8) is 0 Å². The van der Waals surface area contributed by atoms with Gasteiger partial charge in [-0.2, -0.15) is 5.10 Å². The van der Waals surface area contributed by atoms with Crippen LogP contribution >= 0.6 is 11.6 Å². The molecule has 82 valence electrons. The fourth-order valence-corrected chi connectivity index (χ4v) is 1.37. The van der Waals surface area contributed by atoms with E-state index in [-0.39, 0.29) is 5.56 Å². The van der Waals surface area contributed by atoms with Gasteiger partial charge in [0.2, 0.25) is 0 Å². The molecule has 16 heavy (non-hydrogen) atoms. The first-order valence-corrected chi connectivity index (χ1v) is 4.86. The molecule has 0 aromatic carbocycles. The van der Waals surface area contributed by atoms with Crippen LogP contribution in [0.3, 0.4) is 0 Å². The van der Waals surface area contributed by atoms with Crippen molar-refractivity contribution in [2.24, 2.45) is 0 Å². The number of pyridine rings is 1. The summed E-state index contributed by atoms with van der Waals surface area (Å²) in [7, 11) is 0. The minimum atomic E-state index is -1.02. The first kappa shape index (κ1) is 10.6. The van der Waals surface area contributed by atoms with Crippen LogP contribution in [0.5, 0.6) is 0 Å². The van der Waals surface area contributed by atoms with Crippen LogP contribution in [0.25, 0.3) is 5.69 Å². The Morgan fingerprint density at radius 3 is 2.81 bits per heavy atom. The molecule has 0 spiro atoms. The van der Waals surface area contributed by atoms with Crippen LogP contribution < -0.4 is 0 Å². The standard InChI is InChI=1S/C10H8ClN3O2/c1-6-9(11)5-14(13-6)8-2-7(10(15)16)3-12-4-8/h2-5H,1H3,(H,15,16). The molecule has 2 rings (SSSR count). The molecule has 0 saturated carbocycles. The average Bonchev–Trinajstić information content (AvgIpc) is 2.59. The van der Waals surface area contributed by atoms with E-state index in [1.54, 1.807) is 13.1 Å². The molecule has 5 nitrogen and oxygen atoms in total. The van der Waals surface area contributed by atoms with Gasteiger partial charge in [0.15, 0.2) is 0 Å². The lowest BCUT2D eigenvalue weighted by Crippen LogP contribution is -2.01. The maximum atomic E-state index is 10.8. The number of aryl methyl sites for hydroxylation is 1. The third-order valence-corrected chi connectivity index (χ3v) is 2.45. The average molecular weight is 238 g/mol. The smallest absolute Gasteiger partial charge is 0.337 e. The van der Waals surface area contributed by atoms with Gasteiger partial charge >= 0.3 is 5.97 Å². The highest BCUT2D eigenvalue weighted by molar-refractivity contribution is 6.31. The molecule has 0 radical (unpaired) electrons. The van der Waals surface area contributed by atoms with E-state index >= 15 is 0 Å². The maximum absolute atomic E-state index is 10.8. The van der Waals surface area contributed by atoms with Crippen molar-refractivity contribution < 1.29 is 9.90 Å². The Morgan fingerprint density at radius 1 is 1.50 bits per heavy atom. The topological polar surface area (TPSA) is 68.0 Å². The number of rotatable bonds is 2. The summed E-state index contributed by atoms with van der Waals surface area (Å²) in [5.74, 6) is -1.02. The number of hydrogen-bond donors (Lipinski definition) is 1. The first-order chi connectivity index (χ1) is 7.58. The highest BCUT2D eigenvalue weighted by Gasteiger charge is 2.08. The molecule has 0 saturated heterocycles. The minimum Gasteiger partial charge on any atom is -0.478 e. The van der Waals surface area contributed by atoms with Crippen molar-refractivity contribution in [2.45, 2.75) is 6.92 Å². The number of carboxylic acid groups (broad SMARTS) is 1. The molecule has 2 heterocycles. The van der Waals surface area contributed by atoms with E-state index in [1.807, 2.05) is 0 Å². The lowest BCUT2D eigenvalue weighted by atomic mass is 10.3. The predicted octanol–water partition coefficient (Wildman–Crippen LogP) is 1.93. The van der Waals surface area contributed by atoms with Gasteiger partial charge in [-0.25, -0.2) is 9.48 Å². The zero-order valence-corrected chi connectivity index (χ0v) is 9.14. The number of nitrogens with zero attached hydrogens (tertiary/aromatic N) is 3. The summed E-state index contributed by atoms with van der Waals surface area (Å²) in [4.78, 5) is 14.6. The van der Waals surface area contributed by atoms with E-state index in [2.05, 4.69) is 10.1 Å². The van der Waals surface area contributed by atoms with E-state index in [9.17, 15) is 4.79 Å². The fraction of sp³-hybridized carbons (Fsp3) is 0.100.